The van der Waals surface area contributed by atoms with Gasteiger partial charge in [0.25, 0.3) is 0 Å². The molecule has 0 aromatic carbocycles. The van der Waals surface area contributed by atoms with Crippen molar-refractivity contribution in [3.63, 3.8) is 0 Å². The van der Waals surface area contributed by atoms with Gasteiger partial charge in [-0.15, -0.1) is 0 Å². The number of nitrogens with zero attached hydrogens (tertiary/aromatic N) is 2. The summed E-state index contributed by atoms with van der Waals surface area (Å²) < 4.78 is 0. The van der Waals surface area contributed by atoms with Crippen molar-refractivity contribution < 1.29 is 0 Å². The minimum atomic E-state index is 0.601. The molecule has 3 nitrogen and oxygen atoms in total. The van der Waals surface area contributed by atoms with Gasteiger partial charge in [-0.3, -0.25) is 4.90 Å². The van der Waals surface area contributed by atoms with Gasteiger partial charge in [-0.2, -0.15) is 0 Å². The average molecular weight is 219 g/mol. The van der Waals surface area contributed by atoms with E-state index in [2.05, 4.69) is 35.1 Å². The highest BCUT2D eigenvalue weighted by molar-refractivity contribution is 5.42. The Hall–Kier alpha value is -1.09. The van der Waals surface area contributed by atoms with E-state index in [1.54, 1.807) is 0 Å². The van der Waals surface area contributed by atoms with Crippen molar-refractivity contribution in [3.05, 3.63) is 23.9 Å². The summed E-state index contributed by atoms with van der Waals surface area (Å²) in [5.41, 5.74) is 1.22. The van der Waals surface area contributed by atoms with Gasteiger partial charge in [-0.25, -0.2) is 4.98 Å². The number of aryl methyl sites for hydroxylation is 1. The lowest BCUT2D eigenvalue weighted by Crippen LogP contribution is -2.35. The van der Waals surface area contributed by atoms with Crippen LogP contribution in [-0.2, 0) is 0 Å². The van der Waals surface area contributed by atoms with Crippen LogP contribution < -0.4 is 5.32 Å². The molecular formula is C13H21N3. The molecule has 2 rings (SSSR count). The number of likely N-dealkylation sites (tertiary alicyclic amines) is 1. The molecule has 1 aromatic heterocycles. The average Bonchev–Trinajstić information content (AvgIpc) is 2.81. The van der Waals surface area contributed by atoms with Crippen LogP contribution in [0.15, 0.2) is 18.3 Å². The molecule has 1 unspecified atom stereocenters. The number of nitrogens with one attached hydrogen (secondary N) is 1. The van der Waals surface area contributed by atoms with Gasteiger partial charge < -0.3 is 5.32 Å². The third-order valence-electron chi connectivity index (χ3n) is 3.34. The zero-order valence-corrected chi connectivity index (χ0v) is 10.2. The van der Waals surface area contributed by atoms with E-state index in [-0.39, 0.29) is 0 Å². The topological polar surface area (TPSA) is 28.2 Å². The fraction of sp³-hybridized carbons (Fsp3) is 0.615. The molecule has 2 heterocycles. The maximum Gasteiger partial charge on any atom is 0.128 e. The number of aromatic nitrogens is 1. The zero-order valence-electron chi connectivity index (χ0n) is 10.2. The van der Waals surface area contributed by atoms with Crippen molar-refractivity contribution >= 4 is 5.82 Å². The highest BCUT2D eigenvalue weighted by Crippen LogP contribution is 2.13. The number of rotatable bonds is 4. The molecule has 1 saturated heterocycles. The van der Waals surface area contributed by atoms with E-state index in [1.165, 1.54) is 31.5 Å². The number of hydrogen-bond acceptors (Lipinski definition) is 3. The molecule has 0 spiro atoms. The summed E-state index contributed by atoms with van der Waals surface area (Å²) in [5, 5.41) is 3.44. The highest BCUT2D eigenvalue weighted by atomic mass is 15.2. The van der Waals surface area contributed by atoms with Gasteiger partial charge >= 0.3 is 0 Å². The first-order valence-electron chi connectivity index (χ1n) is 6.17. The summed E-state index contributed by atoms with van der Waals surface area (Å²) in [6.45, 7) is 7.87. The van der Waals surface area contributed by atoms with Gasteiger partial charge in [0.15, 0.2) is 0 Å². The van der Waals surface area contributed by atoms with Crippen LogP contribution in [0.4, 0.5) is 5.82 Å². The van der Waals surface area contributed by atoms with Crippen molar-refractivity contribution in [1.82, 2.24) is 9.88 Å². The molecule has 0 radical (unpaired) electrons. The second kappa shape index (κ2) is 5.30. The van der Waals surface area contributed by atoms with Crippen molar-refractivity contribution in [2.75, 3.05) is 25.0 Å². The maximum atomic E-state index is 4.35. The molecule has 1 atom stereocenters. The molecule has 1 fully saturated rings. The first-order chi connectivity index (χ1) is 7.77. The van der Waals surface area contributed by atoms with Crippen LogP contribution in [0.1, 0.15) is 25.3 Å². The smallest absolute Gasteiger partial charge is 0.128 e. The third kappa shape index (κ3) is 2.73. The van der Waals surface area contributed by atoms with E-state index in [4.69, 9.17) is 0 Å². The quantitative estimate of drug-likeness (QED) is 0.842. The zero-order chi connectivity index (χ0) is 11.4. The maximum absolute atomic E-state index is 4.35. The Kier molecular flexibility index (Phi) is 3.78. The Morgan fingerprint density at radius 1 is 1.44 bits per heavy atom. The molecule has 3 heteroatoms. The Labute approximate surface area is 97.9 Å². The summed E-state index contributed by atoms with van der Waals surface area (Å²) in [5.74, 6) is 1.02. The van der Waals surface area contributed by atoms with Crippen LogP contribution in [0.2, 0.25) is 0 Å². The number of anilines is 1. The minimum absolute atomic E-state index is 0.601. The molecular weight excluding hydrogens is 198 g/mol. The molecule has 1 aromatic rings. The van der Waals surface area contributed by atoms with Crippen molar-refractivity contribution in [2.24, 2.45) is 0 Å². The van der Waals surface area contributed by atoms with Gasteiger partial charge in [0.05, 0.1) is 0 Å². The largest absolute Gasteiger partial charge is 0.368 e. The predicted molar refractivity (Wildman–Crippen MR) is 67.7 cm³/mol. The lowest BCUT2D eigenvalue weighted by molar-refractivity contribution is 0.269. The third-order valence-corrected chi connectivity index (χ3v) is 3.34. The fourth-order valence-electron chi connectivity index (χ4n) is 2.23. The fourth-order valence-corrected chi connectivity index (χ4v) is 2.23. The van der Waals surface area contributed by atoms with Crippen LogP contribution in [0.3, 0.4) is 0 Å². The second-order valence-corrected chi connectivity index (χ2v) is 4.64. The molecule has 0 saturated carbocycles. The summed E-state index contributed by atoms with van der Waals surface area (Å²) in [7, 11) is 0. The van der Waals surface area contributed by atoms with Crippen LogP contribution >= 0.6 is 0 Å². The van der Waals surface area contributed by atoms with Crippen LogP contribution in [0.25, 0.3) is 0 Å². The van der Waals surface area contributed by atoms with Crippen molar-refractivity contribution in [1.29, 1.82) is 0 Å². The number of pyridine rings is 1. The lowest BCUT2D eigenvalue weighted by Gasteiger charge is -2.24. The summed E-state index contributed by atoms with van der Waals surface area (Å²) in [4.78, 5) is 6.89. The molecule has 0 amide bonds. The van der Waals surface area contributed by atoms with Gasteiger partial charge in [-0.1, -0.05) is 6.07 Å². The highest BCUT2D eigenvalue weighted by Gasteiger charge is 2.17. The molecule has 0 bridgehead atoms. The van der Waals surface area contributed by atoms with Crippen LogP contribution in [-0.4, -0.2) is 35.6 Å². The van der Waals surface area contributed by atoms with Crippen molar-refractivity contribution in [2.45, 2.75) is 32.7 Å². The van der Waals surface area contributed by atoms with Gasteiger partial charge in [-0.05, 0) is 51.4 Å². The van der Waals surface area contributed by atoms with Gasteiger partial charge in [0.1, 0.15) is 5.82 Å². The first-order valence-corrected chi connectivity index (χ1v) is 6.17. The molecule has 1 aliphatic rings. The summed E-state index contributed by atoms with van der Waals surface area (Å²) >= 11 is 0. The van der Waals surface area contributed by atoms with E-state index in [0.29, 0.717) is 6.04 Å². The Morgan fingerprint density at radius 2 is 2.19 bits per heavy atom. The van der Waals surface area contributed by atoms with E-state index < -0.39 is 0 Å². The standard InChI is InChI=1S/C13H21N3/c1-11-6-5-7-14-13(11)15-10-12(2)16-8-3-4-9-16/h5-7,12H,3-4,8-10H2,1-2H3,(H,14,15). The SMILES string of the molecule is Cc1cccnc1NCC(C)N1CCCC1. The monoisotopic (exact) mass is 219 g/mol. The Morgan fingerprint density at radius 3 is 2.88 bits per heavy atom. The van der Waals surface area contributed by atoms with E-state index in [0.717, 1.165) is 12.4 Å². The van der Waals surface area contributed by atoms with E-state index >= 15 is 0 Å². The van der Waals surface area contributed by atoms with Gasteiger partial charge in [0, 0.05) is 18.8 Å². The summed E-state index contributed by atoms with van der Waals surface area (Å²) in [6, 6.07) is 4.67. The van der Waals surface area contributed by atoms with Crippen LogP contribution in [0.5, 0.6) is 0 Å². The Balaban J connectivity index is 1.84. The number of hydrogen-bond donors (Lipinski definition) is 1. The van der Waals surface area contributed by atoms with Crippen LogP contribution in [0, 0.1) is 6.92 Å². The molecule has 1 N–H and O–H groups in total. The second-order valence-electron chi connectivity index (χ2n) is 4.64. The summed E-state index contributed by atoms with van der Waals surface area (Å²) in [6.07, 6.45) is 4.55. The van der Waals surface area contributed by atoms with Crippen molar-refractivity contribution in [3.8, 4) is 0 Å². The van der Waals surface area contributed by atoms with Gasteiger partial charge in [0.2, 0.25) is 0 Å². The molecule has 16 heavy (non-hydrogen) atoms. The lowest BCUT2D eigenvalue weighted by atomic mass is 10.2. The minimum Gasteiger partial charge on any atom is -0.368 e. The van der Waals surface area contributed by atoms with E-state index in [9.17, 15) is 0 Å². The molecule has 88 valence electrons. The normalized spacial score (nSPS) is 18.6. The molecule has 0 aliphatic carbocycles. The molecule has 1 aliphatic heterocycles. The predicted octanol–water partition coefficient (Wildman–Crippen LogP) is 2.29. The first kappa shape index (κ1) is 11.4. The van der Waals surface area contributed by atoms with E-state index in [1.807, 2.05) is 12.3 Å². The Bertz CT molecular complexity index is 332.